The molecule has 1 amide bonds. The van der Waals surface area contributed by atoms with E-state index >= 15 is 0 Å². The fraction of sp³-hybridized carbons (Fsp3) is 0.222. The molecule has 1 aliphatic heterocycles. The average molecular weight is 395 g/mol. The number of benzene rings is 1. The number of carbonyl (C=O) groups excluding carboxylic acids is 1. The molecule has 148 valence electrons. The van der Waals surface area contributed by atoms with Crippen LogP contribution in [0.25, 0.3) is 5.69 Å². The van der Waals surface area contributed by atoms with Gasteiger partial charge in [0.1, 0.15) is 24.2 Å². The summed E-state index contributed by atoms with van der Waals surface area (Å²) in [4.78, 5) is 33.7. The van der Waals surface area contributed by atoms with Crippen LogP contribution in [0.2, 0.25) is 0 Å². The second-order valence-corrected chi connectivity index (χ2v) is 6.26. The fourth-order valence-corrected chi connectivity index (χ4v) is 2.98. The topological polar surface area (TPSA) is 128 Å². The predicted molar refractivity (Wildman–Crippen MR) is 103 cm³/mol. The largest absolute Gasteiger partial charge is 0.378 e. The van der Waals surface area contributed by atoms with E-state index in [1.54, 1.807) is 12.3 Å². The van der Waals surface area contributed by atoms with Gasteiger partial charge in [0, 0.05) is 24.7 Å². The van der Waals surface area contributed by atoms with Crippen LogP contribution in [0.3, 0.4) is 0 Å². The number of amides is 1. The van der Waals surface area contributed by atoms with E-state index in [0.717, 1.165) is 18.9 Å². The highest BCUT2D eigenvalue weighted by atomic mass is 16.6. The maximum atomic E-state index is 12.6. The quantitative estimate of drug-likeness (QED) is 0.510. The highest BCUT2D eigenvalue weighted by molar-refractivity contribution is 6.04. The number of hydrogen-bond acceptors (Lipinski definition) is 8. The molecule has 11 nitrogen and oxygen atoms in total. The van der Waals surface area contributed by atoms with Gasteiger partial charge in [-0.25, -0.2) is 14.6 Å². The molecule has 3 heterocycles. The van der Waals surface area contributed by atoms with Gasteiger partial charge >= 0.3 is 0 Å². The van der Waals surface area contributed by atoms with Crippen LogP contribution in [-0.4, -0.2) is 56.9 Å². The molecule has 0 unspecified atom stereocenters. The van der Waals surface area contributed by atoms with Crippen molar-refractivity contribution in [2.24, 2.45) is 0 Å². The van der Waals surface area contributed by atoms with Crippen molar-refractivity contribution < 1.29 is 14.5 Å². The number of rotatable bonds is 5. The van der Waals surface area contributed by atoms with E-state index in [4.69, 9.17) is 4.74 Å². The van der Waals surface area contributed by atoms with Crippen molar-refractivity contribution >= 4 is 23.1 Å². The first-order chi connectivity index (χ1) is 14.1. The third-order valence-electron chi connectivity index (χ3n) is 4.44. The normalized spacial score (nSPS) is 13.9. The molecule has 0 spiro atoms. The van der Waals surface area contributed by atoms with Crippen LogP contribution in [0.1, 0.15) is 10.4 Å². The van der Waals surface area contributed by atoms with Crippen molar-refractivity contribution in [1.29, 1.82) is 0 Å². The Hall–Kier alpha value is -3.86. The van der Waals surface area contributed by atoms with Crippen molar-refractivity contribution in [3.05, 3.63) is 64.9 Å². The number of carbonyl (C=O) groups is 1. The first kappa shape index (κ1) is 18.5. The zero-order valence-corrected chi connectivity index (χ0v) is 15.3. The number of nitrogens with zero attached hydrogens (tertiary/aromatic N) is 6. The highest BCUT2D eigenvalue weighted by Crippen LogP contribution is 2.24. The Morgan fingerprint density at radius 2 is 2.03 bits per heavy atom. The third kappa shape index (κ3) is 4.04. The molecule has 11 heteroatoms. The summed E-state index contributed by atoms with van der Waals surface area (Å²) in [5.74, 6) is 0.332. The maximum absolute atomic E-state index is 12.6. The number of morpholine rings is 1. The molecule has 0 radical (unpaired) electrons. The summed E-state index contributed by atoms with van der Waals surface area (Å²) >= 11 is 0. The molecular formula is C18H17N7O4. The molecule has 0 saturated carbocycles. The molecule has 1 aliphatic rings. The Kier molecular flexibility index (Phi) is 5.12. The van der Waals surface area contributed by atoms with E-state index in [0.29, 0.717) is 18.9 Å². The number of nitro groups is 1. The summed E-state index contributed by atoms with van der Waals surface area (Å²) in [6.45, 7) is 2.84. The number of pyridine rings is 1. The van der Waals surface area contributed by atoms with Crippen LogP contribution in [-0.2, 0) is 4.74 Å². The van der Waals surface area contributed by atoms with Gasteiger partial charge in [0.2, 0.25) is 0 Å². The predicted octanol–water partition coefficient (Wildman–Crippen LogP) is 1.66. The Morgan fingerprint density at radius 1 is 1.21 bits per heavy atom. The van der Waals surface area contributed by atoms with Gasteiger partial charge in [0.05, 0.1) is 30.0 Å². The zero-order chi connectivity index (χ0) is 20.2. The van der Waals surface area contributed by atoms with Gasteiger partial charge in [0.25, 0.3) is 11.6 Å². The molecule has 29 heavy (non-hydrogen) atoms. The SMILES string of the molecule is O=C(Nc1ccc(N2CCOCC2)nc1)c1ccc(-n2cncn2)c([N+](=O)[O-])c1. The summed E-state index contributed by atoms with van der Waals surface area (Å²) in [6.07, 6.45) is 4.18. The molecular weight excluding hydrogens is 378 g/mol. The van der Waals surface area contributed by atoms with Crippen LogP contribution in [0.15, 0.2) is 49.2 Å². The second-order valence-electron chi connectivity index (χ2n) is 6.26. The Balaban J connectivity index is 1.51. The lowest BCUT2D eigenvalue weighted by Crippen LogP contribution is -2.36. The number of ether oxygens (including phenoxy) is 1. The summed E-state index contributed by atoms with van der Waals surface area (Å²) in [6, 6.07) is 7.73. The van der Waals surface area contributed by atoms with Gasteiger partial charge < -0.3 is 15.0 Å². The van der Waals surface area contributed by atoms with Crippen LogP contribution in [0, 0.1) is 10.1 Å². The smallest absolute Gasteiger partial charge is 0.295 e. The van der Waals surface area contributed by atoms with Crippen molar-refractivity contribution in [1.82, 2.24) is 19.7 Å². The molecule has 4 rings (SSSR count). The molecule has 0 bridgehead atoms. The number of hydrogen-bond donors (Lipinski definition) is 1. The molecule has 2 aromatic heterocycles. The number of nitrogens with one attached hydrogen (secondary N) is 1. The van der Waals surface area contributed by atoms with E-state index < -0.39 is 10.8 Å². The number of aromatic nitrogens is 4. The van der Waals surface area contributed by atoms with E-state index in [9.17, 15) is 14.9 Å². The molecule has 1 N–H and O–H groups in total. The Morgan fingerprint density at radius 3 is 2.69 bits per heavy atom. The van der Waals surface area contributed by atoms with Gasteiger partial charge in [-0.15, -0.1) is 0 Å². The van der Waals surface area contributed by atoms with Crippen LogP contribution in [0.4, 0.5) is 17.2 Å². The molecule has 3 aromatic rings. The zero-order valence-electron chi connectivity index (χ0n) is 15.3. The van der Waals surface area contributed by atoms with Crippen molar-refractivity contribution in [3.63, 3.8) is 0 Å². The van der Waals surface area contributed by atoms with E-state index in [1.165, 1.54) is 35.5 Å². The minimum atomic E-state index is -0.563. The Bertz CT molecular complexity index is 1020. The lowest BCUT2D eigenvalue weighted by Gasteiger charge is -2.27. The van der Waals surface area contributed by atoms with Gasteiger partial charge in [-0.3, -0.25) is 14.9 Å². The molecule has 1 saturated heterocycles. The standard InChI is InChI=1S/C18H17N7O4/c26-18(22-14-2-4-17(20-10-14)23-5-7-29-8-6-23)13-1-3-15(16(9-13)25(27)28)24-12-19-11-21-24/h1-4,9-12H,5-8H2,(H,22,26). The monoisotopic (exact) mass is 395 g/mol. The van der Waals surface area contributed by atoms with Crippen molar-refractivity contribution in [2.45, 2.75) is 0 Å². The van der Waals surface area contributed by atoms with Crippen LogP contribution >= 0.6 is 0 Å². The van der Waals surface area contributed by atoms with Crippen LogP contribution in [0.5, 0.6) is 0 Å². The molecule has 0 atom stereocenters. The van der Waals surface area contributed by atoms with Crippen LogP contribution < -0.4 is 10.2 Å². The number of nitro benzene ring substituents is 1. The highest BCUT2D eigenvalue weighted by Gasteiger charge is 2.20. The van der Waals surface area contributed by atoms with Gasteiger partial charge in [-0.05, 0) is 24.3 Å². The van der Waals surface area contributed by atoms with Crippen molar-refractivity contribution in [3.8, 4) is 5.69 Å². The van der Waals surface area contributed by atoms with Crippen molar-refractivity contribution in [2.75, 3.05) is 36.5 Å². The van der Waals surface area contributed by atoms with Gasteiger partial charge in [-0.2, -0.15) is 5.10 Å². The third-order valence-corrected chi connectivity index (χ3v) is 4.44. The Labute approximate surface area is 165 Å². The van der Waals surface area contributed by atoms with E-state index in [1.807, 2.05) is 6.07 Å². The molecule has 1 aromatic carbocycles. The summed E-state index contributed by atoms with van der Waals surface area (Å²) in [7, 11) is 0. The minimum absolute atomic E-state index is 0.151. The molecule has 0 aliphatic carbocycles. The van der Waals surface area contributed by atoms with E-state index in [-0.39, 0.29) is 16.9 Å². The number of anilines is 2. The minimum Gasteiger partial charge on any atom is -0.378 e. The fourth-order valence-electron chi connectivity index (χ4n) is 2.98. The summed E-state index contributed by atoms with van der Waals surface area (Å²) < 4.78 is 6.59. The average Bonchev–Trinajstić information content (AvgIpc) is 3.29. The van der Waals surface area contributed by atoms with E-state index in [2.05, 4.69) is 25.3 Å². The lowest BCUT2D eigenvalue weighted by molar-refractivity contribution is -0.384. The lowest BCUT2D eigenvalue weighted by atomic mass is 10.1. The first-order valence-electron chi connectivity index (χ1n) is 8.85. The first-order valence-corrected chi connectivity index (χ1v) is 8.85. The maximum Gasteiger partial charge on any atom is 0.295 e. The van der Waals surface area contributed by atoms with Gasteiger partial charge in [-0.1, -0.05) is 0 Å². The molecule has 1 fully saturated rings. The van der Waals surface area contributed by atoms with Gasteiger partial charge in [0.15, 0.2) is 0 Å². The second kappa shape index (κ2) is 8.02. The summed E-state index contributed by atoms with van der Waals surface area (Å²) in [5, 5.41) is 18.0. The summed E-state index contributed by atoms with van der Waals surface area (Å²) in [5.41, 5.74) is 0.623.